The van der Waals surface area contributed by atoms with Crippen molar-refractivity contribution in [3.8, 4) is 0 Å². The van der Waals surface area contributed by atoms with E-state index in [0.717, 1.165) is 4.68 Å². The molecular weight excluding hydrogens is 383 g/mol. The van der Waals surface area contributed by atoms with Crippen molar-refractivity contribution < 1.29 is 14.7 Å². The number of anilines is 1. The number of nitrogens with one attached hydrogen (secondary N) is 1. The van der Waals surface area contributed by atoms with E-state index in [9.17, 15) is 9.59 Å². The summed E-state index contributed by atoms with van der Waals surface area (Å²) in [5.41, 5.74) is 0.880. The molecule has 2 N–H and O–H groups in total. The van der Waals surface area contributed by atoms with Gasteiger partial charge in [0.25, 0.3) is 5.91 Å². The molecule has 0 aliphatic carbocycles. The molecule has 11 heteroatoms. The number of amides is 1. The maximum absolute atomic E-state index is 12.1. The Balaban J connectivity index is 1.67. The van der Waals surface area contributed by atoms with E-state index < -0.39 is 11.9 Å². The van der Waals surface area contributed by atoms with Gasteiger partial charge in [0, 0.05) is 21.8 Å². The van der Waals surface area contributed by atoms with E-state index in [1.807, 2.05) is 0 Å². The first-order valence-electron chi connectivity index (χ1n) is 7.30. The fourth-order valence-corrected chi connectivity index (χ4v) is 2.67. The highest BCUT2D eigenvalue weighted by atomic mass is 35.5. The van der Waals surface area contributed by atoms with Gasteiger partial charge in [0.1, 0.15) is 12.9 Å². The van der Waals surface area contributed by atoms with Crippen LogP contribution in [0.5, 0.6) is 0 Å². The van der Waals surface area contributed by atoms with Gasteiger partial charge in [0.15, 0.2) is 0 Å². The highest BCUT2D eigenvalue weighted by molar-refractivity contribution is 6.35. The van der Waals surface area contributed by atoms with Gasteiger partial charge in [-0.2, -0.15) is 5.10 Å². The zero-order chi connectivity index (χ0) is 18.7. The lowest BCUT2D eigenvalue weighted by atomic mass is 10.2. The van der Waals surface area contributed by atoms with E-state index in [0.29, 0.717) is 15.6 Å². The van der Waals surface area contributed by atoms with Crippen molar-refractivity contribution in [3.63, 3.8) is 0 Å². The van der Waals surface area contributed by atoms with Crippen molar-refractivity contribution >= 4 is 41.0 Å². The average Bonchev–Trinajstić information content (AvgIpc) is 3.20. The first-order chi connectivity index (χ1) is 12.4. The van der Waals surface area contributed by atoms with Crippen LogP contribution in [0.4, 0.5) is 5.95 Å². The summed E-state index contributed by atoms with van der Waals surface area (Å²) in [5.74, 6) is -1.47. The van der Waals surface area contributed by atoms with Crippen LogP contribution in [0.1, 0.15) is 15.9 Å². The minimum absolute atomic E-state index is 0.0872. The van der Waals surface area contributed by atoms with Crippen LogP contribution < -0.4 is 5.32 Å². The highest BCUT2D eigenvalue weighted by Crippen LogP contribution is 2.24. The van der Waals surface area contributed by atoms with Crippen LogP contribution in [0.15, 0.2) is 36.9 Å². The molecule has 0 saturated carbocycles. The molecular formula is C15H12Cl2N6O3. The lowest BCUT2D eigenvalue weighted by molar-refractivity contribution is -0.137. The van der Waals surface area contributed by atoms with E-state index >= 15 is 0 Å². The Hall–Kier alpha value is -2.91. The molecule has 0 saturated heterocycles. The van der Waals surface area contributed by atoms with Crippen molar-refractivity contribution in [3.05, 3.63) is 58.1 Å². The van der Waals surface area contributed by atoms with Gasteiger partial charge in [-0.25, -0.2) is 9.67 Å². The summed E-state index contributed by atoms with van der Waals surface area (Å²) in [6.45, 7) is -0.0450. The van der Waals surface area contributed by atoms with E-state index in [1.54, 1.807) is 18.2 Å². The quantitative estimate of drug-likeness (QED) is 0.661. The number of hydrogen-bond donors (Lipinski definition) is 2. The third kappa shape index (κ3) is 4.19. The minimum atomic E-state index is -1.06. The Bertz CT molecular complexity index is 948. The molecule has 9 nitrogen and oxygen atoms in total. The predicted octanol–water partition coefficient (Wildman–Crippen LogP) is 2.17. The van der Waals surface area contributed by atoms with E-state index in [-0.39, 0.29) is 24.6 Å². The summed E-state index contributed by atoms with van der Waals surface area (Å²) < 4.78 is 2.62. The molecule has 3 aromatic rings. The number of aromatic nitrogens is 5. The van der Waals surface area contributed by atoms with Crippen molar-refractivity contribution in [1.29, 1.82) is 0 Å². The van der Waals surface area contributed by atoms with Gasteiger partial charge in [-0.1, -0.05) is 29.3 Å². The maximum atomic E-state index is 12.1. The zero-order valence-electron chi connectivity index (χ0n) is 13.1. The third-order valence-corrected chi connectivity index (χ3v) is 4.04. The van der Waals surface area contributed by atoms with Crippen LogP contribution in [-0.2, 0) is 17.9 Å². The summed E-state index contributed by atoms with van der Waals surface area (Å²) in [5, 5.41) is 20.2. The van der Waals surface area contributed by atoms with Crippen molar-refractivity contribution in [2.24, 2.45) is 0 Å². The number of aliphatic carboxylic acids is 1. The fourth-order valence-electron chi connectivity index (χ4n) is 2.15. The number of carboxylic acids is 1. The molecule has 0 radical (unpaired) electrons. The second-order valence-corrected chi connectivity index (χ2v) is 6.05. The number of halogens is 2. The molecule has 1 amide bonds. The molecule has 2 heterocycles. The SMILES string of the molecule is O=C(O)Cn1cc(C(=O)Nc2ncn(Cc3c(Cl)cccc3Cl)n2)cn1. The van der Waals surface area contributed by atoms with Gasteiger partial charge in [-0.15, -0.1) is 5.10 Å². The monoisotopic (exact) mass is 394 g/mol. The average molecular weight is 395 g/mol. The fraction of sp³-hybridized carbons (Fsp3) is 0.133. The van der Waals surface area contributed by atoms with E-state index in [1.165, 1.54) is 23.4 Å². The number of hydrogen-bond acceptors (Lipinski definition) is 5. The molecule has 0 fully saturated rings. The Morgan fingerprint density at radius 2 is 1.92 bits per heavy atom. The normalized spacial score (nSPS) is 10.7. The number of nitrogens with zero attached hydrogens (tertiary/aromatic N) is 5. The first kappa shape index (κ1) is 17.9. The molecule has 0 aliphatic heterocycles. The Morgan fingerprint density at radius 1 is 1.19 bits per heavy atom. The van der Waals surface area contributed by atoms with Crippen LogP contribution >= 0.6 is 23.2 Å². The molecule has 26 heavy (non-hydrogen) atoms. The summed E-state index contributed by atoms with van der Waals surface area (Å²) in [6, 6.07) is 5.18. The molecule has 0 atom stereocenters. The lowest BCUT2D eigenvalue weighted by Crippen LogP contribution is -2.13. The molecule has 1 aromatic carbocycles. The molecule has 3 rings (SSSR count). The Kier molecular flexibility index (Phi) is 5.19. The molecule has 0 unspecified atom stereocenters. The van der Waals surface area contributed by atoms with Gasteiger partial charge in [-0.05, 0) is 12.1 Å². The van der Waals surface area contributed by atoms with Crippen molar-refractivity contribution in [2.75, 3.05) is 5.32 Å². The largest absolute Gasteiger partial charge is 0.480 e. The van der Waals surface area contributed by atoms with Crippen LogP contribution in [0.25, 0.3) is 0 Å². The summed E-state index contributed by atoms with van der Waals surface area (Å²) in [6.07, 6.45) is 4.02. The lowest BCUT2D eigenvalue weighted by Gasteiger charge is -2.06. The van der Waals surface area contributed by atoms with Crippen molar-refractivity contribution in [2.45, 2.75) is 13.1 Å². The second-order valence-electron chi connectivity index (χ2n) is 5.24. The van der Waals surface area contributed by atoms with Gasteiger partial charge in [0.2, 0.25) is 5.95 Å². The highest BCUT2D eigenvalue weighted by Gasteiger charge is 2.13. The smallest absolute Gasteiger partial charge is 0.325 e. The van der Waals surface area contributed by atoms with E-state index in [4.69, 9.17) is 28.3 Å². The molecule has 134 valence electrons. The summed E-state index contributed by atoms with van der Waals surface area (Å²) >= 11 is 12.2. The van der Waals surface area contributed by atoms with Crippen LogP contribution in [0, 0.1) is 0 Å². The molecule has 2 aromatic heterocycles. The summed E-state index contributed by atoms with van der Waals surface area (Å²) in [7, 11) is 0. The molecule has 0 spiro atoms. The minimum Gasteiger partial charge on any atom is -0.480 e. The van der Waals surface area contributed by atoms with Gasteiger partial charge in [0.05, 0.1) is 18.3 Å². The van der Waals surface area contributed by atoms with Gasteiger partial charge < -0.3 is 5.11 Å². The van der Waals surface area contributed by atoms with Crippen LogP contribution in [0.3, 0.4) is 0 Å². The zero-order valence-corrected chi connectivity index (χ0v) is 14.6. The molecule has 0 aliphatic rings. The third-order valence-electron chi connectivity index (χ3n) is 3.34. The first-order valence-corrected chi connectivity index (χ1v) is 8.06. The second kappa shape index (κ2) is 7.54. The number of carbonyl (C=O) groups excluding carboxylic acids is 1. The number of carbonyl (C=O) groups is 2. The molecule has 0 bridgehead atoms. The Morgan fingerprint density at radius 3 is 2.62 bits per heavy atom. The topological polar surface area (TPSA) is 115 Å². The summed E-state index contributed by atoms with van der Waals surface area (Å²) in [4.78, 5) is 26.8. The predicted molar refractivity (Wildman–Crippen MR) is 93.4 cm³/mol. The van der Waals surface area contributed by atoms with Gasteiger partial charge in [-0.3, -0.25) is 19.6 Å². The number of carboxylic acid groups (broad SMARTS) is 1. The maximum Gasteiger partial charge on any atom is 0.325 e. The number of benzene rings is 1. The van der Waals surface area contributed by atoms with E-state index in [2.05, 4.69) is 20.5 Å². The van der Waals surface area contributed by atoms with Gasteiger partial charge >= 0.3 is 5.97 Å². The van der Waals surface area contributed by atoms with Crippen LogP contribution in [-0.4, -0.2) is 41.5 Å². The Labute approximate surface area is 157 Å². The standard InChI is InChI=1S/C15H12Cl2N6O3/c16-11-2-1-3-12(17)10(11)6-23-8-18-15(21-23)20-14(26)9-4-19-22(5-9)7-13(24)25/h1-5,8H,6-7H2,(H,24,25)(H,20,21,26). The number of rotatable bonds is 6. The van der Waals surface area contributed by atoms with Crippen LogP contribution in [0.2, 0.25) is 10.0 Å². The van der Waals surface area contributed by atoms with Crippen molar-refractivity contribution in [1.82, 2.24) is 24.5 Å².